The molecule has 0 unspecified atom stereocenters. The molecule has 0 saturated heterocycles. The maximum Gasteiger partial charge on any atom is 0.403 e. The van der Waals surface area contributed by atoms with Gasteiger partial charge < -0.3 is 0 Å². The minimum Gasteiger partial charge on any atom is -0.217 e. The summed E-state index contributed by atoms with van der Waals surface area (Å²) in [5, 5.41) is 0. The Morgan fingerprint density at radius 3 is 1.90 bits per heavy atom. The first kappa shape index (κ1) is 10.1. The summed E-state index contributed by atoms with van der Waals surface area (Å²) in [4.78, 5) is 0. The van der Waals surface area contributed by atoms with Crippen LogP contribution in [-0.4, -0.2) is 26.6 Å². The zero-order valence-corrected chi connectivity index (χ0v) is 6.61. The molecule has 0 heterocycles. The highest BCUT2D eigenvalue weighted by Gasteiger charge is 2.34. The average molecular weight is 194 g/mol. The molecule has 0 atom stereocenters. The molecule has 10 heavy (non-hydrogen) atoms. The van der Waals surface area contributed by atoms with Crippen molar-refractivity contribution < 1.29 is 21.6 Å². The summed E-state index contributed by atoms with van der Waals surface area (Å²) in [6.45, 7) is 0. The van der Waals surface area contributed by atoms with E-state index in [1.807, 2.05) is 0 Å². The van der Waals surface area contributed by atoms with Gasteiger partial charge >= 0.3 is 6.18 Å². The van der Waals surface area contributed by atoms with Gasteiger partial charge in [-0.3, -0.25) is 0 Å². The highest BCUT2D eigenvalue weighted by molar-refractivity contribution is 8.71. The van der Waals surface area contributed by atoms with Crippen molar-refractivity contribution in [2.45, 2.75) is 6.18 Å². The van der Waals surface area contributed by atoms with Gasteiger partial charge in [-0.2, -0.15) is 13.2 Å². The van der Waals surface area contributed by atoms with E-state index in [-0.39, 0.29) is 10.8 Å². The first-order chi connectivity index (χ1) is 4.27. The Labute approximate surface area is 60.1 Å². The zero-order valence-electron chi connectivity index (χ0n) is 4.97. The Hall–Kier alpha value is 0.0900. The normalized spacial score (nSPS) is 13.6. The molecule has 0 aromatic rings. The quantitative estimate of drug-likeness (QED) is 0.620. The molecule has 0 aliphatic heterocycles. The van der Waals surface area contributed by atoms with Crippen LogP contribution in [0.3, 0.4) is 0 Å². The smallest absolute Gasteiger partial charge is 0.217 e. The lowest BCUT2D eigenvalue weighted by molar-refractivity contribution is -0.106. The van der Waals surface area contributed by atoms with Crippen LogP contribution in [0.4, 0.5) is 13.2 Å². The fraction of sp³-hybridized carbons (Fsp3) is 1.00. The van der Waals surface area contributed by atoms with Crippen LogP contribution in [0, 0.1) is 0 Å². The van der Waals surface area contributed by atoms with Crippen LogP contribution in [0.5, 0.6) is 0 Å². The van der Waals surface area contributed by atoms with Crippen molar-refractivity contribution in [3.8, 4) is 0 Å². The number of hydrogen-bond acceptors (Lipinski definition) is 3. The van der Waals surface area contributed by atoms with Gasteiger partial charge in [0.1, 0.15) is 0 Å². The van der Waals surface area contributed by atoms with Crippen molar-refractivity contribution in [1.29, 1.82) is 0 Å². The van der Waals surface area contributed by atoms with Crippen LogP contribution in [0.15, 0.2) is 0 Å². The number of halogens is 3. The lowest BCUT2D eigenvalue weighted by Crippen LogP contribution is -2.20. The second-order valence-corrected chi connectivity index (χ2v) is 5.74. The van der Waals surface area contributed by atoms with E-state index in [0.717, 1.165) is 6.26 Å². The average Bonchev–Trinajstić information content (AvgIpc) is 1.60. The molecule has 0 rings (SSSR count). The molecule has 0 fully saturated rings. The van der Waals surface area contributed by atoms with E-state index < -0.39 is 20.8 Å². The van der Waals surface area contributed by atoms with Crippen LogP contribution >= 0.6 is 10.8 Å². The summed E-state index contributed by atoms with van der Waals surface area (Å²) in [6.07, 6.45) is -3.52. The summed E-state index contributed by atoms with van der Waals surface area (Å²) in [7, 11) is -3.78. The molecule has 0 aliphatic carbocycles. The first-order valence-corrected chi connectivity index (χ1v) is 5.51. The molecule has 2 nitrogen and oxygen atoms in total. The largest absolute Gasteiger partial charge is 0.403 e. The van der Waals surface area contributed by atoms with Crippen molar-refractivity contribution in [2.75, 3.05) is 12.0 Å². The summed E-state index contributed by atoms with van der Waals surface area (Å²) in [6, 6.07) is 0. The van der Waals surface area contributed by atoms with E-state index >= 15 is 0 Å². The van der Waals surface area contributed by atoms with E-state index in [4.69, 9.17) is 0 Å². The second kappa shape index (κ2) is 3.00. The van der Waals surface area contributed by atoms with Gasteiger partial charge in [0.15, 0.2) is 5.75 Å². The van der Waals surface area contributed by atoms with Gasteiger partial charge in [-0.25, -0.2) is 8.42 Å². The Kier molecular flexibility index (Phi) is 3.02. The maximum atomic E-state index is 11.3. The van der Waals surface area contributed by atoms with Crippen LogP contribution < -0.4 is 0 Å². The van der Waals surface area contributed by atoms with Crippen molar-refractivity contribution in [1.82, 2.24) is 0 Å². The predicted octanol–water partition coefficient (Wildman–Crippen LogP) is 1.24. The second-order valence-electron chi connectivity index (χ2n) is 1.48. The Morgan fingerprint density at radius 2 is 1.80 bits per heavy atom. The summed E-state index contributed by atoms with van der Waals surface area (Å²) >= 11 is 0. The summed E-state index contributed by atoms with van der Waals surface area (Å²) in [5.74, 6) is -1.75. The molecule has 0 N–H and O–H groups in total. The van der Waals surface area contributed by atoms with Gasteiger partial charge in [-0.15, -0.1) is 0 Å². The highest BCUT2D eigenvalue weighted by atomic mass is 33.1. The third-order valence-corrected chi connectivity index (χ3v) is 3.66. The lowest BCUT2D eigenvalue weighted by Gasteiger charge is -2.03. The number of rotatable bonds is 2. The minimum absolute atomic E-state index is 0.206. The van der Waals surface area contributed by atoms with Gasteiger partial charge in [0, 0.05) is 0 Å². The van der Waals surface area contributed by atoms with E-state index in [0.29, 0.717) is 0 Å². The van der Waals surface area contributed by atoms with Crippen molar-refractivity contribution in [2.24, 2.45) is 0 Å². The van der Waals surface area contributed by atoms with Crippen molar-refractivity contribution in [3.63, 3.8) is 0 Å². The molecule has 0 bridgehead atoms. The molecular formula is C3H5F3O2S2. The van der Waals surface area contributed by atoms with Crippen LogP contribution in [0.1, 0.15) is 0 Å². The van der Waals surface area contributed by atoms with Crippen LogP contribution in [0.25, 0.3) is 0 Å². The van der Waals surface area contributed by atoms with Crippen LogP contribution in [-0.2, 0) is 8.87 Å². The van der Waals surface area contributed by atoms with Gasteiger partial charge in [0.05, 0.1) is 0 Å². The minimum atomic E-state index is -4.62. The fourth-order valence-electron chi connectivity index (χ4n) is 0.259. The third kappa shape index (κ3) is 4.92. The Balaban J connectivity index is 4.18. The fourth-order valence-corrected chi connectivity index (χ4v) is 1.53. The maximum absolute atomic E-state index is 11.3. The SMILES string of the molecule is CSS(=O)(=O)CC(F)(F)F. The van der Waals surface area contributed by atoms with Gasteiger partial charge in [0.2, 0.25) is 8.87 Å². The molecule has 0 spiro atoms. The Bertz CT molecular complexity index is 192. The van der Waals surface area contributed by atoms with E-state index in [2.05, 4.69) is 0 Å². The molecule has 7 heteroatoms. The zero-order chi connectivity index (χ0) is 8.41. The molecule has 0 aromatic heterocycles. The lowest BCUT2D eigenvalue weighted by atomic mass is 10.8. The topological polar surface area (TPSA) is 34.1 Å². The number of hydrogen-bond donors (Lipinski definition) is 0. The van der Waals surface area contributed by atoms with Gasteiger partial charge in [-0.05, 0) is 17.0 Å². The first-order valence-electron chi connectivity index (χ1n) is 2.12. The summed E-state index contributed by atoms with van der Waals surface area (Å²) in [5.41, 5.74) is 0. The van der Waals surface area contributed by atoms with Crippen molar-refractivity contribution >= 4 is 19.7 Å². The molecule has 0 aromatic carbocycles. The molecule has 0 aliphatic rings. The van der Waals surface area contributed by atoms with Crippen molar-refractivity contribution in [3.05, 3.63) is 0 Å². The monoisotopic (exact) mass is 194 g/mol. The van der Waals surface area contributed by atoms with Gasteiger partial charge in [0.25, 0.3) is 0 Å². The standard InChI is InChI=1S/C3H5F3O2S2/c1-9-10(7,8)2-3(4,5)6/h2H2,1H3. The molecular weight excluding hydrogens is 189 g/mol. The predicted molar refractivity (Wildman–Crippen MR) is 33.4 cm³/mol. The van der Waals surface area contributed by atoms with Gasteiger partial charge in [-0.1, -0.05) is 0 Å². The highest BCUT2D eigenvalue weighted by Crippen LogP contribution is 2.21. The molecule has 62 valence electrons. The third-order valence-electron chi connectivity index (χ3n) is 0.594. The van der Waals surface area contributed by atoms with E-state index in [1.165, 1.54) is 0 Å². The molecule has 0 radical (unpaired) electrons. The molecule has 0 saturated carbocycles. The Morgan fingerprint density at radius 1 is 1.40 bits per heavy atom. The van der Waals surface area contributed by atoms with Crippen LogP contribution in [0.2, 0.25) is 0 Å². The summed E-state index contributed by atoms with van der Waals surface area (Å²) < 4.78 is 54.6. The van der Waals surface area contributed by atoms with E-state index in [1.54, 1.807) is 0 Å². The molecule has 0 amide bonds. The van der Waals surface area contributed by atoms with E-state index in [9.17, 15) is 21.6 Å². The number of alkyl halides is 3.